The van der Waals surface area contributed by atoms with Gasteiger partial charge in [0, 0.05) is 71.0 Å². The van der Waals surface area contributed by atoms with Gasteiger partial charge in [0.05, 0.1) is 107 Å². The van der Waals surface area contributed by atoms with Gasteiger partial charge in [-0.3, -0.25) is 38.8 Å². The molecule has 4 aromatic rings. The molecule has 592 valence electrons. The van der Waals surface area contributed by atoms with Crippen molar-refractivity contribution in [2.24, 2.45) is 17.8 Å². The number of benzene rings is 4. The normalized spacial score (nSPS) is 22.5. The molecule has 4 aromatic carbocycles. The molecule has 8 fully saturated rings. The molecule has 12 rings (SSSR count). The molecule has 8 atom stereocenters. The van der Waals surface area contributed by atoms with Gasteiger partial charge in [0.25, 0.3) is 0 Å². The van der Waals surface area contributed by atoms with Crippen LogP contribution in [0.15, 0.2) is 72.8 Å². The van der Waals surface area contributed by atoms with Crippen LogP contribution in [0.1, 0.15) is 72.6 Å². The number of β-amino-alcohol motifs (C(OH)–C–C–N with tert-alkyl or cyclic N) is 1. The van der Waals surface area contributed by atoms with Crippen molar-refractivity contribution < 1.29 is 109 Å². The quantitative estimate of drug-likeness (QED) is 0.0295. The SMILES string of the molecule is CC(=O)NC[C@H]1CN(c2ccc(OCCC3CCNC3)c(F)c2)C(=O)O1.CC(=O)NC[C@H]1CN(c2ccc(OCCC3CCNCC3)c(F)c2)C(=O)O1.CC(=O)NC[C@H]1CN(c2ccc(OC[C@H](O)C3(O)CCNCC3)c(F)c2)C(=O)O1.CC(=O)NC[C@H]1CN(c2ccc(OC[C@H]3CNC[C@@H]3O)c(F)c2)C(=O)O1. The lowest BCUT2D eigenvalue weighted by Crippen LogP contribution is -2.52. The maximum atomic E-state index is 14.5. The Kier molecular flexibility index (Phi) is 30.6. The fraction of sp³-hybridized carbons (Fsp3) is 0.562. The van der Waals surface area contributed by atoms with Gasteiger partial charge >= 0.3 is 24.4 Å². The Morgan fingerprint density at radius 2 is 0.824 bits per heavy atom. The second-order valence-corrected chi connectivity index (χ2v) is 27.5. The number of cyclic esters (lactones) is 4. The molecular weight excluding hydrogens is 1420 g/mol. The molecule has 0 spiro atoms. The van der Waals surface area contributed by atoms with E-state index >= 15 is 0 Å². The van der Waals surface area contributed by atoms with Crippen molar-refractivity contribution in [2.75, 3.05) is 151 Å². The van der Waals surface area contributed by atoms with Gasteiger partial charge in [-0.2, -0.15) is 0 Å². The van der Waals surface area contributed by atoms with E-state index < -0.39 is 89.9 Å². The van der Waals surface area contributed by atoms with Gasteiger partial charge in [-0.25, -0.2) is 36.7 Å². The van der Waals surface area contributed by atoms with Crippen molar-refractivity contribution in [1.82, 2.24) is 42.5 Å². The number of aliphatic hydroxyl groups excluding tert-OH is 2. The summed E-state index contributed by atoms with van der Waals surface area (Å²) in [4.78, 5) is 97.1. The van der Waals surface area contributed by atoms with E-state index in [0.29, 0.717) is 86.8 Å². The molecule has 31 nitrogen and oxygen atoms in total. The highest BCUT2D eigenvalue weighted by atomic mass is 19.1. The zero-order chi connectivity index (χ0) is 77.4. The number of ether oxygens (including phenoxy) is 8. The minimum absolute atomic E-state index is 0.0650. The van der Waals surface area contributed by atoms with Crippen LogP contribution in [-0.4, -0.2) is 237 Å². The number of piperidine rings is 2. The number of carbonyl (C=O) groups excluding carboxylic acids is 8. The Hall–Kier alpha value is -9.52. The average Bonchev–Trinajstić information content (AvgIpc) is 1.60. The number of nitrogens with zero attached hydrogens (tertiary/aromatic N) is 4. The molecular formula is C73H98F4N12O19. The predicted molar refractivity (Wildman–Crippen MR) is 384 cm³/mol. The van der Waals surface area contributed by atoms with Crippen molar-refractivity contribution in [3.8, 4) is 23.0 Å². The van der Waals surface area contributed by atoms with E-state index in [1.54, 1.807) is 24.3 Å². The smallest absolute Gasteiger partial charge is 0.414 e. The lowest BCUT2D eigenvalue weighted by Gasteiger charge is -2.36. The minimum atomic E-state index is -1.26. The Morgan fingerprint density at radius 3 is 1.17 bits per heavy atom. The fourth-order valence-corrected chi connectivity index (χ4v) is 12.9. The van der Waals surface area contributed by atoms with E-state index in [-0.39, 0.29) is 118 Å². The third-order valence-electron chi connectivity index (χ3n) is 19.2. The number of halogens is 4. The first-order valence-corrected chi connectivity index (χ1v) is 36.3. The topological polar surface area (TPSA) is 380 Å². The van der Waals surface area contributed by atoms with E-state index in [9.17, 15) is 71.2 Å². The van der Waals surface area contributed by atoms with Crippen LogP contribution in [-0.2, 0) is 38.1 Å². The summed E-state index contributed by atoms with van der Waals surface area (Å²) in [5.74, 6) is -1.69. The summed E-state index contributed by atoms with van der Waals surface area (Å²) in [5.41, 5.74) is 0.207. The van der Waals surface area contributed by atoms with Crippen molar-refractivity contribution >= 4 is 70.8 Å². The molecule has 0 saturated carbocycles. The van der Waals surface area contributed by atoms with Crippen LogP contribution in [0.2, 0.25) is 0 Å². The van der Waals surface area contributed by atoms with Gasteiger partial charge < -0.3 is 95.7 Å². The number of anilines is 4. The van der Waals surface area contributed by atoms with Crippen LogP contribution in [0.25, 0.3) is 0 Å². The van der Waals surface area contributed by atoms with Crippen molar-refractivity contribution in [1.29, 1.82) is 0 Å². The van der Waals surface area contributed by atoms with Crippen LogP contribution in [0.4, 0.5) is 59.5 Å². The van der Waals surface area contributed by atoms with E-state index in [1.165, 1.54) is 89.8 Å². The van der Waals surface area contributed by atoms with E-state index in [0.717, 1.165) is 64.3 Å². The van der Waals surface area contributed by atoms with E-state index in [1.807, 2.05) is 0 Å². The summed E-state index contributed by atoms with van der Waals surface area (Å²) in [5, 5.41) is 53.6. The summed E-state index contributed by atoms with van der Waals surface area (Å²) >= 11 is 0. The van der Waals surface area contributed by atoms with Crippen LogP contribution in [0.5, 0.6) is 23.0 Å². The van der Waals surface area contributed by atoms with Gasteiger partial charge in [0.15, 0.2) is 46.3 Å². The van der Waals surface area contributed by atoms with Crippen LogP contribution >= 0.6 is 0 Å². The van der Waals surface area contributed by atoms with Crippen LogP contribution < -0.4 is 81.1 Å². The maximum absolute atomic E-state index is 14.5. The zero-order valence-corrected chi connectivity index (χ0v) is 60.9. The van der Waals surface area contributed by atoms with E-state index in [4.69, 9.17) is 37.9 Å². The first-order valence-electron chi connectivity index (χ1n) is 36.3. The second-order valence-electron chi connectivity index (χ2n) is 27.5. The van der Waals surface area contributed by atoms with Gasteiger partial charge in [-0.05, 0) is 145 Å². The molecule has 35 heteroatoms. The Morgan fingerprint density at radius 1 is 0.481 bits per heavy atom. The average molecular weight is 1520 g/mol. The molecule has 8 amide bonds. The highest BCUT2D eigenvalue weighted by molar-refractivity contribution is 5.92. The molecule has 8 aliphatic rings. The third-order valence-corrected chi connectivity index (χ3v) is 19.2. The molecule has 8 saturated heterocycles. The van der Waals surface area contributed by atoms with Gasteiger partial charge in [-0.1, -0.05) is 0 Å². The Bertz CT molecular complexity index is 3720. The standard InChI is InChI=1S/C19H26FN3O6.C19H26FN3O4.C18H24FN3O4.C17H22FN3O5/c1-12(24)22-9-14-10-23(18(26)29-14)13-2-3-16(15(20)8-13)28-11-17(25)19(27)4-6-21-7-5-19;1-13(24)22-11-16-12-23(19(25)27-16)15-2-3-18(17(20)10-15)26-9-6-14-4-7-21-8-5-14;1-12(23)21-10-15-11-22(18(24)26-15)14-2-3-17(16(19)8-14)25-7-5-13-4-6-20-9-13;1-10(22)20-6-13-8-21(17(24)26-13)12-2-3-16(14(18)4-12)25-9-11-5-19-7-15(11)23/h2-3,8,14,17,21,25,27H,4-7,9-11H2,1H3,(H,22,24);2-3,10,14,16,21H,4-9,11-12H2,1H3,(H,22,24);2-3,8,13,15,20H,4-7,9-11H2,1H3,(H,21,23);2-4,11,13,15,19,23H,5-9H2,1H3,(H,20,22)/t14-,17-;16-;13?,15-;11-,13+,15+/m0001/s1. The first kappa shape index (κ1) is 82.5. The monoisotopic (exact) mass is 1520 g/mol. The molecule has 8 heterocycles. The Balaban J connectivity index is 0.000000166. The summed E-state index contributed by atoms with van der Waals surface area (Å²) in [7, 11) is 0. The molecule has 0 aliphatic carbocycles. The zero-order valence-electron chi connectivity index (χ0n) is 60.9. The van der Waals surface area contributed by atoms with Crippen molar-refractivity contribution in [2.45, 2.75) is 115 Å². The van der Waals surface area contributed by atoms with Crippen LogP contribution in [0, 0.1) is 41.0 Å². The second kappa shape index (κ2) is 40.1. The highest BCUT2D eigenvalue weighted by Crippen LogP contribution is 2.33. The van der Waals surface area contributed by atoms with E-state index in [2.05, 4.69) is 42.5 Å². The van der Waals surface area contributed by atoms with Crippen molar-refractivity contribution in [3.63, 3.8) is 0 Å². The molecule has 8 aliphatic heterocycles. The number of hydrogen-bond donors (Lipinski definition) is 11. The van der Waals surface area contributed by atoms with Gasteiger partial charge in [-0.15, -0.1) is 0 Å². The lowest BCUT2D eigenvalue weighted by atomic mass is 9.87. The molecule has 0 radical (unpaired) electrons. The summed E-state index contributed by atoms with van der Waals surface area (Å²) in [6.45, 7) is 14.6. The predicted octanol–water partition coefficient (Wildman–Crippen LogP) is 4.11. The summed E-state index contributed by atoms with van der Waals surface area (Å²) in [6, 6.07) is 17.2. The molecule has 0 bridgehead atoms. The van der Waals surface area contributed by atoms with Crippen molar-refractivity contribution in [3.05, 3.63) is 96.1 Å². The third kappa shape index (κ3) is 24.5. The minimum Gasteiger partial charge on any atom is -0.491 e. The Labute approximate surface area is 622 Å². The molecule has 11 N–H and O–H groups in total. The summed E-state index contributed by atoms with van der Waals surface area (Å²) < 4.78 is 100. The number of aliphatic hydroxyl groups is 3. The maximum Gasteiger partial charge on any atom is 0.414 e. The molecule has 0 aromatic heterocycles. The number of hydrogen-bond acceptors (Lipinski definition) is 23. The fourth-order valence-electron chi connectivity index (χ4n) is 12.9. The lowest BCUT2D eigenvalue weighted by molar-refractivity contribution is -0.120. The molecule has 108 heavy (non-hydrogen) atoms. The number of nitrogens with one attached hydrogen (secondary N) is 8. The summed E-state index contributed by atoms with van der Waals surface area (Å²) in [6.07, 6.45) is 0.0595. The number of carbonyl (C=O) groups is 8. The molecule has 1 unspecified atom stereocenters. The van der Waals surface area contributed by atoms with Gasteiger partial charge in [0.1, 0.15) is 37.1 Å². The highest BCUT2D eigenvalue weighted by Gasteiger charge is 2.40. The largest absolute Gasteiger partial charge is 0.491 e. The first-order chi connectivity index (χ1) is 51.8. The number of rotatable bonds is 27. The number of amides is 8. The van der Waals surface area contributed by atoms with Crippen LogP contribution in [0.3, 0.4) is 0 Å². The van der Waals surface area contributed by atoms with Gasteiger partial charge in [0.2, 0.25) is 23.6 Å².